The van der Waals surface area contributed by atoms with Crippen molar-refractivity contribution in [3.05, 3.63) is 29.0 Å². The molecule has 2 atom stereocenters. The minimum atomic E-state index is -0.874. The average Bonchev–Trinajstić information content (AvgIpc) is 2.66. The van der Waals surface area contributed by atoms with Crippen LogP contribution in [-0.4, -0.2) is 29.5 Å². The van der Waals surface area contributed by atoms with Crippen LogP contribution in [0, 0.1) is 0 Å². The van der Waals surface area contributed by atoms with Gasteiger partial charge in [0.05, 0.1) is 6.61 Å². The van der Waals surface area contributed by atoms with Crippen molar-refractivity contribution >= 4 is 17.6 Å². The molecule has 0 spiro atoms. The van der Waals surface area contributed by atoms with Gasteiger partial charge in [0.15, 0.2) is 11.9 Å². The molecule has 2 unspecified atom stereocenters. The number of hydrogen-bond donors (Lipinski definition) is 0. The number of carbonyl (C=O) groups is 1. The van der Waals surface area contributed by atoms with Gasteiger partial charge in [-0.1, -0.05) is 11.6 Å². The summed E-state index contributed by atoms with van der Waals surface area (Å²) in [6.45, 7) is 5.50. The fraction of sp³-hybridized carbons (Fsp3) is 0.538. The van der Waals surface area contributed by atoms with Gasteiger partial charge < -0.3 is 14.2 Å². The predicted octanol–water partition coefficient (Wildman–Crippen LogP) is 2.49. The first-order valence-corrected chi connectivity index (χ1v) is 6.44. The van der Waals surface area contributed by atoms with Crippen LogP contribution >= 0.6 is 11.6 Å². The summed E-state index contributed by atoms with van der Waals surface area (Å²) in [5.74, 6) is -1.33. The molecule has 1 saturated heterocycles. The Morgan fingerprint density at radius 3 is 2.89 bits per heavy atom. The van der Waals surface area contributed by atoms with E-state index in [-0.39, 0.29) is 6.61 Å². The summed E-state index contributed by atoms with van der Waals surface area (Å²) in [6, 6.07) is 1.65. The number of rotatable bonds is 3. The Bertz CT molecular complexity index is 477. The molecule has 0 saturated carbocycles. The zero-order valence-corrected chi connectivity index (χ0v) is 11.8. The third kappa shape index (κ3) is 3.05. The average molecular weight is 286 g/mol. The van der Waals surface area contributed by atoms with E-state index in [1.807, 2.05) is 0 Å². The molecule has 1 fully saturated rings. The predicted molar refractivity (Wildman–Crippen MR) is 68.7 cm³/mol. The van der Waals surface area contributed by atoms with Crippen LogP contribution in [0.5, 0.6) is 0 Å². The highest BCUT2D eigenvalue weighted by molar-refractivity contribution is 6.31. The molecule has 2 rings (SSSR count). The van der Waals surface area contributed by atoms with Crippen LogP contribution in [0.2, 0.25) is 5.02 Å². The van der Waals surface area contributed by atoms with Gasteiger partial charge >= 0.3 is 5.97 Å². The van der Waals surface area contributed by atoms with Crippen molar-refractivity contribution in [2.75, 3.05) is 6.61 Å². The van der Waals surface area contributed by atoms with Crippen molar-refractivity contribution < 1.29 is 19.0 Å². The standard InChI is InChI=1S/C13H16ClNO4/c1-4-17-12(16)11-10(18-13(2,3)19-11)8-7-15-6-5-9(8)14/h5-7,10-11H,4H2,1-3H3. The smallest absolute Gasteiger partial charge is 0.338 e. The normalized spacial score (nSPS) is 25.3. The SMILES string of the molecule is CCOC(=O)C1OC(C)(C)OC1c1cnccc1Cl. The van der Waals surface area contributed by atoms with Gasteiger partial charge in [-0.25, -0.2) is 4.79 Å². The molecule has 0 aliphatic carbocycles. The molecule has 0 radical (unpaired) electrons. The van der Waals surface area contributed by atoms with Crippen LogP contribution < -0.4 is 0 Å². The van der Waals surface area contributed by atoms with Crippen LogP contribution in [0.3, 0.4) is 0 Å². The number of nitrogens with zero attached hydrogens (tertiary/aromatic N) is 1. The lowest BCUT2D eigenvalue weighted by molar-refractivity contribution is -0.170. The molecule has 5 nitrogen and oxygen atoms in total. The maximum Gasteiger partial charge on any atom is 0.338 e. The van der Waals surface area contributed by atoms with Crippen LogP contribution in [0.25, 0.3) is 0 Å². The maximum atomic E-state index is 11.9. The highest BCUT2D eigenvalue weighted by Gasteiger charge is 2.47. The Morgan fingerprint density at radius 2 is 2.26 bits per heavy atom. The fourth-order valence-electron chi connectivity index (χ4n) is 1.98. The number of aromatic nitrogens is 1. The van der Waals surface area contributed by atoms with Crippen molar-refractivity contribution in [3.8, 4) is 0 Å². The van der Waals surface area contributed by atoms with Gasteiger partial charge in [-0.3, -0.25) is 4.98 Å². The van der Waals surface area contributed by atoms with E-state index in [9.17, 15) is 4.79 Å². The van der Waals surface area contributed by atoms with Gasteiger partial charge in [0.25, 0.3) is 0 Å². The summed E-state index contributed by atoms with van der Waals surface area (Å²) in [5.41, 5.74) is 0.618. The minimum absolute atomic E-state index is 0.284. The van der Waals surface area contributed by atoms with Gasteiger partial charge in [-0.2, -0.15) is 0 Å². The Hall–Kier alpha value is -1.17. The number of halogens is 1. The van der Waals surface area contributed by atoms with E-state index < -0.39 is 24.0 Å². The highest BCUT2D eigenvalue weighted by atomic mass is 35.5. The third-order valence-corrected chi connectivity index (χ3v) is 3.06. The summed E-state index contributed by atoms with van der Waals surface area (Å²) in [5, 5.41) is 0.482. The molecule has 6 heteroatoms. The van der Waals surface area contributed by atoms with Crippen LogP contribution in [0.4, 0.5) is 0 Å². The Kier molecular flexibility index (Phi) is 4.08. The van der Waals surface area contributed by atoms with Gasteiger partial charge in [-0.05, 0) is 26.8 Å². The number of hydrogen-bond acceptors (Lipinski definition) is 5. The molecule has 1 aromatic heterocycles. The lowest BCUT2D eigenvalue weighted by atomic mass is 10.1. The number of carbonyl (C=O) groups excluding carboxylic acids is 1. The zero-order chi connectivity index (χ0) is 14.0. The van der Waals surface area contributed by atoms with E-state index in [0.29, 0.717) is 10.6 Å². The monoisotopic (exact) mass is 285 g/mol. The van der Waals surface area contributed by atoms with E-state index >= 15 is 0 Å². The molecule has 104 valence electrons. The molecule has 0 N–H and O–H groups in total. The van der Waals surface area contributed by atoms with Crippen molar-refractivity contribution in [2.24, 2.45) is 0 Å². The summed E-state index contributed by atoms with van der Waals surface area (Å²) in [4.78, 5) is 15.9. The van der Waals surface area contributed by atoms with Crippen molar-refractivity contribution in [1.29, 1.82) is 0 Å². The van der Waals surface area contributed by atoms with Gasteiger partial charge in [0, 0.05) is 23.0 Å². The lowest BCUT2D eigenvalue weighted by Crippen LogP contribution is -2.29. The second-order valence-corrected chi connectivity index (χ2v) is 5.03. The van der Waals surface area contributed by atoms with E-state index in [0.717, 1.165) is 0 Å². The fourth-order valence-corrected chi connectivity index (χ4v) is 2.20. The van der Waals surface area contributed by atoms with Gasteiger partial charge in [0.1, 0.15) is 6.10 Å². The Labute approximate surface area is 116 Å². The molecule has 0 bridgehead atoms. The lowest BCUT2D eigenvalue weighted by Gasteiger charge is -2.17. The number of pyridine rings is 1. The molecule has 0 aromatic carbocycles. The summed E-state index contributed by atoms with van der Waals surface area (Å²) < 4.78 is 16.4. The molecule has 2 heterocycles. The topological polar surface area (TPSA) is 57.7 Å². The first-order chi connectivity index (χ1) is 8.94. The first-order valence-electron chi connectivity index (χ1n) is 6.06. The number of ether oxygens (including phenoxy) is 3. The van der Waals surface area contributed by atoms with E-state index in [1.165, 1.54) is 0 Å². The van der Waals surface area contributed by atoms with Crippen LogP contribution in [-0.2, 0) is 19.0 Å². The Morgan fingerprint density at radius 1 is 1.53 bits per heavy atom. The number of esters is 1. The molecule has 1 aliphatic rings. The van der Waals surface area contributed by atoms with Crippen molar-refractivity contribution in [1.82, 2.24) is 4.98 Å². The second-order valence-electron chi connectivity index (χ2n) is 4.63. The van der Waals surface area contributed by atoms with Crippen LogP contribution in [0.1, 0.15) is 32.4 Å². The molecule has 1 aliphatic heterocycles. The van der Waals surface area contributed by atoms with Crippen LogP contribution in [0.15, 0.2) is 18.5 Å². The molecule has 1 aromatic rings. The molecule has 0 amide bonds. The highest BCUT2D eigenvalue weighted by Crippen LogP contribution is 2.40. The van der Waals surface area contributed by atoms with Gasteiger partial charge in [-0.15, -0.1) is 0 Å². The summed E-state index contributed by atoms with van der Waals surface area (Å²) in [6.07, 6.45) is 1.70. The van der Waals surface area contributed by atoms with Crippen molar-refractivity contribution in [3.63, 3.8) is 0 Å². The van der Waals surface area contributed by atoms with E-state index in [4.69, 9.17) is 25.8 Å². The van der Waals surface area contributed by atoms with Crippen molar-refractivity contribution in [2.45, 2.75) is 38.8 Å². The Balaban J connectivity index is 2.31. The minimum Gasteiger partial charge on any atom is -0.464 e. The summed E-state index contributed by atoms with van der Waals surface area (Å²) >= 11 is 6.12. The molecular formula is C13H16ClNO4. The zero-order valence-electron chi connectivity index (χ0n) is 11.1. The molecule has 19 heavy (non-hydrogen) atoms. The molecular weight excluding hydrogens is 270 g/mol. The maximum absolute atomic E-state index is 11.9. The summed E-state index contributed by atoms with van der Waals surface area (Å²) in [7, 11) is 0. The van der Waals surface area contributed by atoms with Gasteiger partial charge in [0.2, 0.25) is 0 Å². The first kappa shape index (κ1) is 14.2. The van der Waals surface area contributed by atoms with E-state index in [1.54, 1.807) is 39.2 Å². The largest absolute Gasteiger partial charge is 0.464 e. The second kappa shape index (κ2) is 5.45. The third-order valence-electron chi connectivity index (χ3n) is 2.72. The quantitative estimate of drug-likeness (QED) is 0.799. The van der Waals surface area contributed by atoms with E-state index in [2.05, 4.69) is 4.98 Å².